The fraction of sp³-hybridized carbons (Fsp3) is 0.312. The number of rotatable bonds is 4. The minimum absolute atomic E-state index is 0. The molecule has 8 nitrogen and oxygen atoms in total. The lowest BCUT2D eigenvalue weighted by atomic mass is 10.0. The molecule has 1 fully saturated rings. The van der Waals surface area contributed by atoms with Crippen molar-refractivity contribution in [3.63, 3.8) is 0 Å². The molecule has 10 heteroatoms. The van der Waals surface area contributed by atoms with Crippen molar-refractivity contribution < 1.29 is 24.6 Å². The number of β-lactam (4-membered cyclic amide) rings is 1. The van der Waals surface area contributed by atoms with Gasteiger partial charge in [0.1, 0.15) is 28.9 Å². The zero-order chi connectivity index (χ0) is 18.3. The predicted octanol–water partition coefficient (Wildman–Crippen LogP) is 0.572. The maximum atomic E-state index is 12.3. The first-order chi connectivity index (χ1) is 11.8. The summed E-state index contributed by atoms with van der Waals surface area (Å²) in [5.74, 6) is -1.61. The van der Waals surface area contributed by atoms with E-state index in [4.69, 9.17) is 5.73 Å². The Bertz CT molecular complexity index is 783. The van der Waals surface area contributed by atoms with Crippen molar-refractivity contribution in [1.29, 1.82) is 0 Å². The van der Waals surface area contributed by atoms with Crippen LogP contribution in [0.15, 0.2) is 35.5 Å². The number of halogens is 1. The molecule has 1 saturated heterocycles. The van der Waals surface area contributed by atoms with Gasteiger partial charge in [-0.05, 0) is 30.2 Å². The van der Waals surface area contributed by atoms with Gasteiger partial charge in [0, 0.05) is 5.75 Å². The Morgan fingerprint density at radius 3 is 2.54 bits per heavy atom. The zero-order valence-corrected chi connectivity index (χ0v) is 15.3. The van der Waals surface area contributed by atoms with Crippen LogP contribution in [0.1, 0.15) is 18.5 Å². The van der Waals surface area contributed by atoms with Gasteiger partial charge in [-0.15, -0.1) is 24.2 Å². The highest BCUT2D eigenvalue weighted by Crippen LogP contribution is 2.40. The molecular formula is C16H18ClN3O5S. The third-order valence-corrected chi connectivity index (χ3v) is 5.62. The fourth-order valence-electron chi connectivity index (χ4n) is 2.85. The topological polar surface area (TPSA) is 133 Å². The van der Waals surface area contributed by atoms with Gasteiger partial charge in [-0.25, -0.2) is 4.79 Å². The quantitative estimate of drug-likeness (QED) is 0.544. The number of nitrogens with two attached hydrogens (primary N) is 1. The molecule has 0 saturated carbocycles. The summed E-state index contributed by atoms with van der Waals surface area (Å²) in [4.78, 5) is 37.2. The van der Waals surface area contributed by atoms with Crippen LogP contribution in [-0.4, -0.2) is 50.1 Å². The van der Waals surface area contributed by atoms with Crippen molar-refractivity contribution >= 4 is 42.0 Å². The van der Waals surface area contributed by atoms with E-state index in [9.17, 15) is 24.6 Å². The highest BCUT2D eigenvalue weighted by atomic mass is 35.5. The number of amides is 2. The second kappa shape index (κ2) is 7.56. The number of carbonyl (C=O) groups excluding carboxylic acids is 2. The molecule has 2 aliphatic heterocycles. The fourth-order valence-corrected chi connectivity index (χ4v) is 4.14. The first-order valence-electron chi connectivity index (χ1n) is 7.54. The second-order valence-corrected chi connectivity index (χ2v) is 7.00. The first kappa shape index (κ1) is 20.1. The van der Waals surface area contributed by atoms with E-state index < -0.39 is 35.2 Å². The summed E-state index contributed by atoms with van der Waals surface area (Å²) in [7, 11) is 0. The van der Waals surface area contributed by atoms with Crippen LogP contribution in [0.4, 0.5) is 0 Å². The smallest absolute Gasteiger partial charge is 0.352 e. The molecule has 3 atom stereocenters. The van der Waals surface area contributed by atoms with E-state index in [0.717, 1.165) is 0 Å². The average Bonchev–Trinajstić information content (AvgIpc) is 2.58. The molecule has 5 N–H and O–H groups in total. The number of hydrogen-bond acceptors (Lipinski definition) is 6. The van der Waals surface area contributed by atoms with E-state index in [1.807, 2.05) is 0 Å². The molecule has 0 aliphatic carbocycles. The molecule has 0 aromatic heterocycles. The zero-order valence-electron chi connectivity index (χ0n) is 13.7. The number of carboxylic acids is 1. The van der Waals surface area contributed by atoms with Gasteiger partial charge in [0.15, 0.2) is 0 Å². The molecule has 0 spiro atoms. The van der Waals surface area contributed by atoms with Gasteiger partial charge in [-0.1, -0.05) is 12.1 Å². The first-order valence-corrected chi connectivity index (χ1v) is 8.58. The van der Waals surface area contributed by atoms with E-state index in [1.54, 1.807) is 6.92 Å². The number of nitrogens with zero attached hydrogens (tertiary/aromatic N) is 1. The van der Waals surface area contributed by atoms with E-state index in [2.05, 4.69) is 5.32 Å². The molecule has 1 aromatic rings. The van der Waals surface area contributed by atoms with E-state index in [-0.39, 0.29) is 23.9 Å². The molecular weight excluding hydrogens is 382 g/mol. The minimum Gasteiger partial charge on any atom is -0.508 e. The third-order valence-electron chi connectivity index (χ3n) is 4.19. The predicted molar refractivity (Wildman–Crippen MR) is 97.6 cm³/mol. The Morgan fingerprint density at radius 1 is 1.35 bits per heavy atom. The molecule has 1 aromatic carbocycles. The molecule has 2 heterocycles. The molecule has 1 unspecified atom stereocenters. The Morgan fingerprint density at radius 2 is 1.96 bits per heavy atom. The SMILES string of the molecule is CC1=C(C(=O)O)N2C(=O)[C@@H](NC(=O)C(N)c3ccc(O)cc3)[C@H]2SC1.Cl. The van der Waals surface area contributed by atoms with Crippen LogP contribution in [0.3, 0.4) is 0 Å². The molecule has 0 bridgehead atoms. The molecule has 2 amide bonds. The summed E-state index contributed by atoms with van der Waals surface area (Å²) < 4.78 is 0. The van der Waals surface area contributed by atoms with Crippen LogP contribution < -0.4 is 11.1 Å². The summed E-state index contributed by atoms with van der Waals surface area (Å²) in [5.41, 5.74) is 7.00. The minimum atomic E-state index is -1.15. The van der Waals surface area contributed by atoms with Crippen LogP contribution in [0.2, 0.25) is 0 Å². The van der Waals surface area contributed by atoms with E-state index in [0.29, 0.717) is 16.9 Å². The number of carboxylic acid groups (broad SMARTS) is 1. The summed E-state index contributed by atoms with van der Waals surface area (Å²) in [6.07, 6.45) is 0. The lowest BCUT2D eigenvalue weighted by molar-refractivity contribution is -0.150. The number of benzene rings is 1. The second-order valence-electron chi connectivity index (χ2n) is 5.90. The average molecular weight is 400 g/mol. The Hall–Kier alpha value is -2.23. The summed E-state index contributed by atoms with van der Waals surface area (Å²) in [5, 5.41) is 20.7. The van der Waals surface area contributed by atoms with Crippen molar-refractivity contribution in [2.75, 3.05) is 5.75 Å². The van der Waals surface area contributed by atoms with Gasteiger partial charge in [-0.2, -0.15) is 0 Å². The van der Waals surface area contributed by atoms with Crippen molar-refractivity contribution in [2.45, 2.75) is 24.4 Å². The van der Waals surface area contributed by atoms with Gasteiger partial charge in [0.25, 0.3) is 5.91 Å². The van der Waals surface area contributed by atoms with Crippen LogP contribution in [0.25, 0.3) is 0 Å². The van der Waals surface area contributed by atoms with Crippen LogP contribution in [0, 0.1) is 0 Å². The van der Waals surface area contributed by atoms with Crippen LogP contribution in [-0.2, 0) is 14.4 Å². The van der Waals surface area contributed by atoms with Crippen molar-refractivity contribution in [3.05, 3.63) is 41.1 Å². The maximum absolute atomic E-state index is 12.3. The van der Waals surface area contributed by atoms with Gasteiger partial charge in [-0.3, -0.25) is 14.5 Å². The van der Waals surface area contributed by atoms with E-state index in [1.165, 1.54) is 40.9 Å². The lowest BCUT2D eigenvalue weighted by Crippen LogP contribution is -2.71. The van der Waals surface area contributed by atoms with Gasteiger partial charge >= 0.3 is 5.97 Å². The Labute approximate surface area is 159 Å². The number of thioether (sulfide) groups is 1. The Balaban J connectivity index is 0.00000243. The monoisotopic (exact) mass is 399 g/mol. The number of carbonyl (C=O) groups is 3. The largest absolute Gasteiger partial charge is 0.508 e. The van der Waals surface area contributed by atoms with E-state index >= 15 is 0 Å². The maximum Gasteiger partial charge on any atom is 0.352 e. The molecule has 3 rings (SSSR count). The number of hydrogen-bond donors (Lipinski definition) is 4. The number of nitrogens with one attached hydrogen (secondary N) is 1. The number of aliphatic carboxylic acids is 1. The highest BCUT2D eigenvalue weighted by Gasteiger charge is 2.53. The molecule has 140 valence electrons. The number of aromatic hydroxyl groups is 1. The van der Waals surface area contributed by atoms with Crippen molar-refractivity contribution in [2.24, 2.45) is 5.73 Å². The van der Waals surface area contributed by atoms with Gasteiger partial charge in [0.2, 0.25) is 5.91 Å². The normalized spacial score (nSPS) is 22.7. The van der Waals surface area contributed by atoms with Gasteiger partial charge < -0.3 is 21.3 Å². The number of phenolic OH excluding ortho intramolecular Hbond substituents is 1. The molecule has 2 aliphatic rings. The highest BCUT2D eigenvalue weighted by molar-refractivity contribution is 8.00. The summed E-state index contributed by atoms with van der Waals surface area (Å²) >= 11 is 1.40. The van der Waals surface area contributed by atoms with Gasteiger partial charge in [0.05, 0.1) is 0 Å². The van der Waals surface area contributed by atoms with Crippen molar-refractivity contribution in [1.82, 2.24) is 10.2 Å². The Kier molecular flexibility index (Phi) is 5.84. The molecule has 26 heavy (non-hydrogen) atoms. The van der Waals surface area contributed by atoms with Crippen molar-refractivity contribution in [3.8, 4) is 5.75 Å². The van der Waals surface area contributed by atoms with Crippen LogP contribution in [0.5, 0.6) is 5.75 Å². The number of fused-ring (bicyclic) bond motifs is 1. The number of phenols is 1. The molecule has 0 radical (unpaired) electrons. The van der Waals surface area contributed by atoms with Crippen LogP contribution >= 0.6 is 24.2 Å². The third kappa shape index (κ3) is 3.37. The lowest BCUT2D eigenvalue weighted by Gasteiger charge is -2.49. The standard InChI is InChI=1S/C16H17N3O5S.ClH/c1-7-6-25-15-11(14(22)19(15)12(7)16(23)24)18-13(21)10(17)8-2-4-9(20)5-3-8;/h2-5,10-11,15,20H,6,17H2,1H3,(H,18,21)(H,23,24);1H/t10?,11-,15-;/m1./s1. The summed E-state index contributed by atoms with van der Waals surface area (Å²) in [6.45, 7) is 1.67. The summed E-state index contributed by atoms with van der Waals surface area (Å²) in [6, 6.07) is 4.09.